The molecule has 0 aromatic carbocycles. The Morgan fingerprint density at radius 1 is 1.43 bits per heavy atom. The number of amides is 1. The van der Waals surface area contributed by atoms with Crippen LogP contribution in [0.1, 0.15) is 47.6 Å². The number of aryl methyl sites for hydroxylation is 1. The van der Waals surface area contributed by atoms with Gasteiger partial charge in [0.1, 0.15) is 10.7 Å². The Bertz CT molecular complexity index is 719. The molecular formula is C13H15N5O2S. The molecule has 0 aliphatic heterocycles. The maximum atomic E-state index is 12.1. The Morgan fingerprint density at radius 2 is 2.24 bits per heavy atom. The first-order chi connectivity index (χ1) is 10.2. The fourth-order valence-electron chi connectivity index (χ4n) is 1.88. The van der Waals surface area contributed by atoms with Crippen LogP contribution in [0.5, 0.6) is 0 Å². The van der Waals surface area contributed by atoms with Crippen LogP contribution >= 0.6 is 11.3 Å². The van der Waals surface area contributed by atoms with Crippen LogP contribution in [0.2, 0.25) is 0 Å². The molecule has 8 heteroatoms. The molecule has 2 heterocycles. The van der Waals surface area contributed by atoms with E-state index in [1.165, 1.54) is 28.2 Å². The van der Waals surface area contributed by atoms with Gasteiger partial charge in [0.2, 0.25) is 5.13 Å². The van der Waals surface area contributed by atoms with Gasteiger partial charge >= 0.3 is 0 Å². The molecule has 0 atom stereocenters. The minimum Gasteiger partial charge on any atom is -0.295 e. The molecule has 21 heavy (non-hydrogen) atoms. The molecule has 0 spiro atoms. The van der Waals surface area contributed by atoms with Gasteiger partial charge in [0.15, 0.2) is 0 Å². The van der Waals surface area contributed by atoms with Crippen molar-refractivity contribution in [3.63, 3.8) is 0 Å². The van der Waals surface area contributed by atoms with Crippen LogP contribution in [0.15, 0.2) is 16.9 Å². The van der Waals surface area contributed by atoms with Gasteiger partial charge in [0, 0.05) is 18.5 Å². The molecule has 0 bridgehead atoms. The minimum absolute atomic E-state index is 0.200. The second kappa shape index (κ2) is 5.72. The van der Waals surface area contributed by atoms with Crippen molar-refractivity contribution in [1.29, 1.82) is 0 Å². The van der Waals surface area contributed by atoms with E-state index in [2.05, 4.69) is 20.6 Å². The zero-order chi connectivity index (χ0) is 14.8. The predicted molar refractivity (Wildman–Crippen MR) is 78.6 cm³/mol. The lowest BCUT2D eigenvalue weighted by molar-refractivity contribution is 0.101. The third kappa shape index (κ3) is 3.15. The van der Waals surface area contributed by atoms with Gasteiger partial charge in [-0.05, 0) is 25.3 Å². The SMILES string of the molecule is CCCn1nc(C(=O)Nc2nnc(C3CC3)s2)ccc1=O. The van der Waals surface area contributed by atoms with Crippen LogP contribution in [0.3, 0.4) is 0 Å². The summed E-state index contributed by atoms with van der Waals surface area (Å²) in [7, 11) is 0. The molecule has 2 aromatic heterocycles. The van der Waals surface area contributed by atoms with Crippen molar-refractivity contribution >= 4 is 22.4 Å². The van der Waals surface area contributed by atoms with Crippen molar-refractivity contribution in [3.8, 4) is 0 Å². The van der Waals surface area contributed by atoms with E-state index < -0.39 is 0 Å². The van der Waals surface area contributed by atoms with E-state index in [0.717, 1.165) is 24.3 Å². The fraction of sp³-hybridized carbons (Fsp3) is 0.462. The Kier molecular flexibility index (Phi) is 3.78. The highest BCUT2D eigenvalue weighted by Crippen LogP contribution is 2.42. The molecule has 3 rings (SSSR count). The molecular weight excluding hydrogens is 290 g/mol. The van der Waals surface area contributed by atoms with Crippen LogP contribution in [-0.2, 0) is 6.54 Å². The average Bonchev–Trinajstić information content (AvgIpc) is 3.22. The molecule has 110 valence electrons. The smallest absolute Gasteiger partial charge is 0.277 e. The van der Waals surface area contributed by atoms with Crippen molar-refractivity contribution in [1.82, 2.24) is 20.0 Å². The highest BCUT2D eigenvalue weighted by atomic mass is 32.1. The highest BCUT2D eigenvalue weighted by molar-refractivity contribution is 7.15. The zero-order valence-corrected chi connectivity index (χ0v) is 12.4. The lowest BCUT2D eigenvalue weighted by Crippen LogP contribution is -2.26. The monoisotopic (exact) mass is 305 g/mol. The molecule has 0 saturated heterocycles. The van der Waals surface area contributed by atoms with Crippen LogP contribution in [0.25, 0.3) is 0 Å². The number of carbonyl (C=O) groups excluding carboxylic acids is 1. The van der Waals surface area contributed by atoms with Gasteiger partial charge in [-0.1, -0.05) is 18.3 Å². The first kappa shape index (κ1) is 13.9. The molecule has 0 radical (unpaired) electrons. The van der Waals surface area contributed by atoms with Crippen LogP contribution in [-0.4, -0.2) is 25.9 Å². The van der Waals surface area contributed by atoms with Gasteiger partial charge < -0.3 is 0 Å². The lowest BCUT2D eigenvalue weighted by atomic mass is 10.3. The minimum atomic E-state index is -0.377. The Morgan fingerprint density at radius 3 is 2.95 bits per heavy atom. The van der Waals surface area contributed by atoms with Gasteiger partial charge in [-0.2, -0.15) is 5.10 Å². The first-order valence-electron chi connectivity index (χ1n) is 6.90. The predicted octanol–water partition coefficient (Wildman–Crippen LogP) is 1.63. The first-order valence-corrected chi connectivity index (χ1v) is 7.72. The van der Waals surface area contributed by atoms with E-state index in [0.29, 0.717) is 17.6 Å². The van der Waals surface area contributed by atoms with Crippen molar-refractivity contribution in [2.75, 3.05) is 5.32 Å². The molecule has 1 amide bonds. The summed E-state index contributed by atoms with van der Waals surface area (Å²) < 4.78 is 1.30. The second-order valence-electron chi connectivity index (χ2n) is 4.95. The zero-order valence-electron chi connectivity index (χ0n) is 11.6. The largest absolute Gasteiger partial charge is 0.295 e. The quantitative estimate of drug-likeness (QED) is 0.907. The Balaban J connectivity index is 1.74. The number of anilines is 1. The number of carbonyl (C=O) groups is 1. The summed E-state index contributed by atoms with van der Waals surface area (Å²) >= 11 is 1.39. The molecule has 0 unspecified atom stereocenters. The maximum absolute atomic E-state index is 12.1. The highest BCUT2D eigenvalue weighted by Gasteiger charge is 2.27. The third-order valence-electron chi connectivity index (χ3n) is 3.12. The molecule has 1 saturated carbocycles. The molecule has 2 aromatic rings. The number of hydrogen-bond acceptors (Lipinski definition) is 6. The molecule has 7 nitrogen and oxygen atoms in total. The maximum Gasteiger partial charge on any atom is 0.277 e. The topological polar surface area (TPSA) is 89.8 Å². The molecule has 1 aliphatic rings. The summed E-state index contributed by atoms with van der Waals surface area (Å²) in [5.41, 5.74) is -0.00782. The van der Waals surface area contributed by atoms with Gasteiger partial charge in [0.25, 0.3) is 11.5 Å². The van der Waals surface area contributed by atoms with Gasteiger partial charge in [-0.3, -0.25) is 14.9 Å². The van der Waals surface area contributed by atoms with E-state index >= 15 is 0 Å². The molecule has 1 N–H and O–H groups in total. The second-order valence-corrected chi connectivity index (χ2v) is 5.96. The van der Waals surface area contributed by atoms with Crippen molar-refractivity contribution in [3.05, 3.63) is 33.2 Å². The van der Waals surface area contributed by atoms with E-state index in [9.17, 15) is 9.59 Å². The van der Waals surface area contributed by atoms with Gasteiger partial charge in [0.05, 0.1) is 0 Å². The van der Waals surface area contributed by atoms with E-state index in [1.807, 2.05) is 6.92 Å². The summed E-state index contributed by atoms with van der Waals surface area (Å²) in [6.45, 7) is 2.44. The average molecular weight is 305 g/mol. The van der Waals surface area contributed by atoms with E-state index in [1.54, 1.807) is 0 Å². The third-order valence-corrected chi connectivity index (χ3v) is 4.12. The summed E-state index contributed by atoms with van der Waals surface area (Å²) in [6.07, 6.45) is 3.07. The molecule has 1 aliphatic carbocycles. The Hall–Kier alpha value is -2.09. The summed E-state index contributed by atoms with van der Waals surface area (Å²) in [6, 6.07) is 2.78. The fourth-order valence-corrected chi connectivity index (χ4v) is 2.79. The normalized spacial score (nSPS) is 14.1. The summed E-state index contributed by atoms with van der Waals surface area (Å²) in [5, 5.41) is 16.2. The van der Waals surface area contributed by atoms with E-state index in [-0.39, 0.29) is 17.2 Å². The number of nitrogens with zero attached hydrogens (tertiary/aromatic N) is 4. The molecule has 1 fully saturated rings. The number of aromatic nitrogens is 4. The van der Waals surface area contributed by atoms with Crippen molar-refractivity contribution < 1.29 is 4.79 Å². The van der Waals surface area contributed by atoms with Crippen LogP contribution in [0, 0.1) is 0 Å². The number of hydrogen-bond donors (Lipinski definition) is 1. The van der Waals surface area contributed by atoms with Crippen LogP contribution < -0.4 is 10.9 Å². The van der Waals surface area contributed by atoms with Gasteiger partial charge in [-0.15, -0.1) is 10.2 Å². The number of rotatable bonds is 5. The van der Waals surface area contributed by atoms with Gasteiger partial charge in [-0.25, -0.2) is 4.68 Å². The Labute approximate surface area is 125 Å². The summed E-state index contributed by atoms with van der Waals surface area (Å²) in [5.74, 6) is 0.135. The summed E-state index contributed by atoms with van der Waals surface area (Å²) in [4.78, 5) is 23.7. The van der Waals surface area contributed by atoms with Crippen LogP contribution in [0.4, 0.5) is 5.13 Å². The number of nitrogens with one attached hydrogen (secondary N) is 1. The van der Waals surface area contributed by atoms with Crippen molar-refractivity contribution in [2.45, 2.75) is 38.6 Å². The lowest BCUT2D eigenvalue weighted by Gasteiger charge is -2.04. The van der Waals surface area contributed by atoms with Crippen molar-refractivity contribution in [2.24, 2.45) is 0 Å². The van der Waals surface area contributed by atoms with E-state index in [4.69, 9.17) is 0 Å². The standard InChI is InChI=1S/C13H15N5O2S/c1-2-7-18-10(19)6-5-9(17-18)11(20)14-13-16-15-12(21-13)8-3-4-8/h5-6,8H,2-4,7H2,1H3,(H,14,16,20).